The van der Waals surface area contributed by atoms with Gasteiger partial charge in [-0.05, 0) is 6.92 Å². The van der Waals surface area contributed by atoms with Crippen molar-refractivity contribution >= 4 is 11.2 Å². The highest BCUT2D eigenvalue weighted by Gasteiger charge is 2.42. The standard InChI is InChI=1S/C9H11N5O4/c1-3-5(15)6(16)9(18-3)14-7-4(12-13-14)8(17)11-2-10-7/h2-3,5-6,9,15-16H,1H3,(H,10,11,17)/t3-,5-,6-,9-/m1/s1. The number of aromatic nitrogens is 5. The van der Waals surface area contributed by atoms with Crippen LogP contribution in [0.4, 0.5) is 0 Å². The first-order chi connectivity index (χ1) is 8.59. The average molecular weight is 253 g/mol. The van der Waals surface area contributed by atoms with E-state index in [1.165, 1.54) is 11.0 Å². The third-order valence-corrected chi connectivity index (χ3v) is 2.99. The number of ether oxygens (including phenoxy) is 1. The van der Waals surface area contributed by atoms with Gasteiger partial charge in [-0.2, -0.15) is 4.68 Å². The number of nitrogens with one attached hydrogen (secondary N) is 1. The summed E-state index contributed by atoms with van der Waals surface area (Å²) in [6, 6.07) is 0. The number of nitrogens with zero attached hydrogens (tertiary/aromatic N) is 4. The SMILES string of the molecule is C[C@H]1O[C@@H](n2nnc3c(=O)[nH]cnc32)[C@H](O)[C@@H]1O. The molecule has 0 bridgehead atoms. The van der Waals surface area contributed by atoms with Crippen molar-refractivity contribution in [1.29, 1.82) is 0 Å². The molecule has 2 aromatic heterocycles. The van der Waals surface area contributed by atoms with Crippen LogP contribution in [0, 0.1) is 0 Å². The molecule has 1 saturated heterocycles. The van der Waals surface area contributed by atoms with Crippen LogP contribution in [0.25, 0.3) is 11.2 Å². The highest BCUT2D eigenvalue weighted by molar-refractivity contribution is 5.67. The monoisotopic (exact) mass is 253 g/mol. The smallest absolute Gasteiger partial charge is 0.280 e. The first-order valence-corrected chi connectivity index (χ1v) is 5.40. The fourth-order valence-corrected chi connectivity index (χ4v) is 1.98. The normalized spacial score (nSPS) is 32.2. The lowest BCUT2D eigenvalue weighted by molar-refractivity contribution is -0.0382. The molecule has 4 atom stereocenters. The Morgan fingerprint density at radius 1 is 1.44 bits per heavy atom. The molecule has 0 saturated carbocycles. The van der Waals surface area contributed by atoms with Gasteiger partial charge in [0.15, 0.2) is 17.4 Å². The van der Waals surface area contributed by atoms with Crippen molar-refractivity contribution in [2.24, 2.45) is 0 Å². The summed E-state index contributed by atoms with van der Waals surface area (Å²) in [6.45, 7) is 1.63. The largest absolute Gasteiger partial charge is 0.388 e. The minimum atomic E-state index is -1.15. The molecule has 0 amide bonds. The molecule has 1 aliphatic rings. The second-order valence-corrected chi connectivity index (χ2v) is 4.15. The Hall–Kier alpha value is -1.84. The van der Waals surface area contributed by atoms with Gasteiger partial charge in [-0.1, -0.05) is 5.21 Å². The number of aliphatic hydroxyl groups excluding tert-OH is 2. The Balaban J connectivity index is 2.11. The van der Waals surface area contributed by atoms with Crippen molar-refractivity contribution in [3.05, 3.63) is 16.7 Å². The summed E-state index contributed by atoms with van der Waals surface area (Å²) in [6.07, 6.45) is -2.39. The zero-order valence-electron chi connectivity index (χ0n) is 9.39. The van der Waals surface area contributed by atoms with Crippen LogP contribution in [0.15, 0.2) is 11.1 Å². The van der Waals surface area contributed by atoms with Gasteiger partial charge in [-0.15, -0.1) is 5.10 Å². The van der Waals surface area contributed by atoms with E-state index in [2.05, 4.69) is 20.3 Å². The van der Waals surface area contributed by atoms with Crippen LogP contribution in [-0.4, -0.2) is 53.5 Å². The molecule has 18 heavy (non-hydrogen) atoms. The van der Waals surface area contributed by atoms with Crippen LogP contribution < -0.4 is 5.56 Å². The fraction of sp³-hybridized carbons (Fsp3) is 0.556. The van der Waals surface area contributed by atoms with Gasteiger partial charge >= 0.3 is 0 Å². The Labute approximate surface area is 100 Å². The van der Waals surface area contributed by atoms with Gasteiger partial charge in [0, 0.05) is 0 Å². The molecule has 1 aliphatic heterocycles. The number of aliphatic hydroxyl groups is 2. The molecular formula is C9H11N5O4. The summed E-state index contributed by atoms with van der Waals surface area (Å²) in [7, 11) is 0. The molecule has 9 heteroatoms. The van der Waals surface area contributed by atoms with Crippen LogP contribution in [-0.2, 0) is 4.74 Å². The second-order valence-electron chi connectivity index (χ2n) is 4.15. The zero-order chi connectivity index (χ0) is 12.9. The molecule has 3 rings (SSSR count). The van der Waals surface area contributed by atoms with E-state index in [9.17, 15) is 15.0 Å². The molecule has 0 aromatic carbocycles. The summed E-state index contributed by atoms with van der Waals surface area (Å²) in [5.41, 5.74) is -0.168. The summed E-state index contributed by atoms with van der Waals surface area (Å²) < 4.78 is 6.58. The lowest BCUT2D eigenvalue weighted by Crippen LogP contribution is -2.30. The quantitative estimate of drug-likeness (QED) is 0.544. The molecule has 0 unspecified atom stereocenters. The molecular weight excluding hydrogens is 242 g/mol. The molecule has 3 heterocycles. The number of hydrogen-bond donors (Lipinski definition) is 3. The molecule has 9 nitrogen and oxygen atoms in total. The van der Waals surface area contributed by atoms with Crippen molar-refractivity contribution in [2.45, 2.75) is 31.5 Å². The topological polar surface area (TPSA) is 126 Å². The van der Waals surface area contributed by atoms with E-state index in [0.717, 1.165) is 0 Å². The molecule has 2 aromatic rings. The van der Waals surface area contributed by atoms with Crippen LogP contribution in [0.5, 0.6) is 0 Å². The van der Waals surface area contributed by atoms with E-state index in [1.807, 2.05) is 0 Å². The van der Waals surface area contributed by atoms with E-state index in [0.29, 0.717) is 0 Å². The molecule has 1 fully saturated rings. The number of aromatic amines is 1. The highest BCUT2D eigenvalue weighted by atomic mass is 16.6. The van der Waals surface area contributed by atoms with Crippen molar-refractivity contribution in [1.82, 2.24) is 25.0 Å². The summed E-state index contributed by atoms with van der Waals surface area (Å²) in [4.78, 5) is 17.8. The predicted molar refractivity (Wildman–Crippen MR) is 57.5 cm³/mol. The molecule has 96 valence electrons. The lowest BCUT2D eigenvalue weighted by Gasteiger charge is -2.14. The van der Waals surface area contributed by atoms with Gasteiger partial charge in [-0.3, -0.25) is 4.79 Å². The first kappa shape index (κ1) is 11.3. The number of hydrogen-bond acceptors (Lipinski definition) is 7. The lowest BCUT2D eigenvalue weighted by atomic mass is 10.1. The Kier molecular flexibility index (Phi) is 2.40. The van der Waals surface area contributed by atoms with Gasteiger partial charge in [0.1, 0.15) is 12.2 Å². The maximum atomic E-state index is 11.5. The third-order valence-electron chi connectivity index (χ3n) is 2.99. The van der Waals surface area contributed by atoms with E-state index in [4.69, 9.17) is 4.74 Å². The number of H-pyrrole nitrogens is 1. The van der Waals surface area contributed by atoms with Crippen LogP contribution in [0.1, 0.15) is 13.2 Å². The molecule has 3 N–H and O–H groups in total. The Bertz CT molecular complexity index is 637. The molecule has 0 radical (unpaired) electrons. The van der Waals surface area contributed by atoms with E-state index in [1.54, 1.807) is 6.92 Å². The molecule has 0 spiro atoms. The fourth-order valence-electron chi connectivity index (χ4n) is 1.98. The van der Waals surface area contributed by atoms with Crippen molar-refractivity contribution in [3.8, 4) is 0 Å². The van der Waals surface area contributed by atoms with Gasteiger partial charge in [-0.25, -0.2) is 4.98 Å². The highest BCUT2D eigenvalue weighted by Crippen LogP contribution is 2.29. The van der Waals surface area contributed by atoms with Crippen molar-refractivity contribution in [2.75, 3.05) is 0 Å². The number of rotatable bonds is 1. The average Bonchev–Trinajstić information content (AvgIpc) is 2.88. The third kappa shape index (κ3) is 1.45. The summed E-state index contributed by atoms with van der Waals surface area (Å²) in [5, 5.41) is 26.9. The molecule has 0 aliphatic carbocycles. The van der Waals surface area contributed by atoms with Crippen LogP contribution in [0.2, 0.25) is 0 Å². The van der Waals surface area contributed by atoms with E-state index in [-0.39, 0.29) is 11.2 Å². The van der Waals surface area contributed by atoms with Crippen LogP contribution >= 0.6 is 0 Å². The maximum Gasteiger partial charge on any atom is 0.280 e. The predicted octanol–water partition coefficient (Wildman–Crippen LogP) is -1.85. The minimum Gasteiger partial charge on any atom is -0.388 e. The zero-order valence-corrected chi connectivity index (χ0v) is 9.39. The number of fused-ring (bicyclic) bond motifs is 1. The van der Waals surface area contributed by atoms with Gasteiger partial charge in [0.05, 0.1) is 12.4 Å². The van der Waals surface area contributed by atoms with E-state index >= 15 is 0 Å². The van der Waals surface area contributed by atoms with Crippen molar-refractivity contribution in [3.63, 3.8) is 0 Å². The minimum absolute atomic E-state index is 0.0577. The van der Waals surface area contributed by atoms with Crippen molar-refractivity contribution < 1.29 is 14.9 Å². The maximum absolute atomic E-state index is 11.5. The van der Waals surface area contributed by atoms with Gasteiger partial charge < -0.3 is 19.9 Å². The summed E-state index contributed by atoms with van der Waals surface area (Å²) in [5.74, 6) is 0. The van der Waals surface area contributed by atoms with E-state index < -0.39 is 30.1 Å². The van der Waals surface area contributed by atoms with Crippen LogP contribution in [0.3, 0.4) is 0 Å². The first-order valence-electron chi connectivity index (χ1n) is 5.40. The summed E-state index contributed by atoms with van der Waals surface area (Å²) >= 11 is 0. The van der Waals surface area contributed by atoms with Gasteiger partial charge in [0.25, 0.3) is 5.56 Å². The Morgan fingerprint density at radius 3 is 2.89 bits per heavy atom. The van der Waals surface area contributed by atoms with Gasteiger partial charge in [0.2, 0.25) is 0 Å². The Morgan fingerprint density at radius 2 is 2.22 bits per heavy atom. The second kappa shape index (κ2) is 3.83.